The lowest BCUT2D eigenvalue weighted by Crippen LogP contribution is -2.35. The molecule has 0 aromatic rings. The van der Waals surface area contributed by atoms with E-state index in [1.807, 2.05) is 5.32 Å². The van der Waals surface area contributed by atoms with Gasteiger partial charge in [-0.2, -0.15) is 8.78 Å². The predicted octanol–water partition coefficient (Wildman–Crippen LogP) is 0.593. The molecule has 1 amide bonds. The summed E-state index contributed by atoms with van der Waals surface area (Å²) in [5.41, 5.74) is 0. The Morgan fingerprint density at radius 2 is 1.83 bits per heavy atom. The van der Waals surface area contributed by atoms with Gasteiger partial charge in [-0.25, -0.2) is 0 Å². The van der Waals surface area contributed by atoms with Gasteiger partial charge in [0.05, 0.1) is 6.54 Å². The van der Waals surface area contributed by atoms with Gasteiger partial charge < -0.3 is 5.32 Å². The minimum atomic E-state index is -3.05. The molecule has 1 N–H and O–H groups in total. The minimum Gasteiger partial charge on any atom is -0.344 e. The number of amides is 1. The molecule has 0 aromatic carbocycles. The van der Waals surface area contributed by atoms with Gasteiger partial charge in [-0.15, -0.1) is 0 Å². The second kappa shape index (κ2) is 4.79. The minimum absolute atomic E-state index is 0.247. The third kappa shape index (κ3) is 4.00. The van der Waals surface area contributed by atoms with Gasteiger partial charge in [0.15, 0.2) is 5.78 Å². The van der Waals surface area contributed by atoms with Crippen molar-refractivity contribution in [2.75, 3.05) is 6.54 Å². The molecule has 0 atom stereocenters. The summed E-state index contributed by atoms with van der Waals surface area (Å²) in [7, 11) is 0. The molecule has 0 radical (unpaired) electrons. The van der Waals surface area contributed by atoms with Gasteiger partial charge in [0.25, 0.3) is 5.91 Å². The summed E-state index contributed by atoms with van der Waals surface area (Å²) in [6.07, 6.45) is -3.05. The molecule has 0 unspecified atom stereocenters. The molecule has 0 saturated carbocycles. The van der Waals surface area contributed by atoms with Crippen molar-refractivity contribution in [3.05, 3.63) is 0 Å². The summed E-state index contributed by atoms with van der Waals surface area (Å²) in [5.74, 6) is -1.91. The van der Waals surface area contributed by atoms with Crippen LogP contribution in [0.25, 0.3) is 0 Å². The topological polar surface area (TPSA) is 46.2 Å². The molecular weight excluding hydrogens is 168 g/mol. The number of carbonyl (C=O) groups excluding carboxylic acids is 2. The maximum Gasteiger partial charge on any atom is 0.315 e. The van der Waals surface area contributed by atoms with Crippen LogP contribution in [-0.2, 0) is 9.59 Å². The first-order valence-corrected chi connectivity index (χ1v) is 3.53. The average molecular weight is 179 g/mol. The van der Waals surface area contributed by atoms with Crippen molar-refractivity contribution >= 4 is 11.7 Å². The van der Waals surface area contributed by atoms with E-state index in [-0.39, 0.29) is 18.2 Å². The fourth-order valence-electron chi connectivity index (χ4n) is 0.456. The standard InChI is InChI=1S/C7H11F2NO2/c1-4(2)5(11)3-10-7(12)6(8)9/h4,6H,3H2,1-2H3,(H,10,12). The van der Waals surface area contributed by atoms with Gasteiger partial charge in [-0.05, 0) is 0 Å². The van der Waals surface area contributed by atoms with E-state index in [0.717, 1.165) is 0 Å². The molecule has 0 aliphatic carbocycles. The summed E-state index contributed by atoms with van der Waals surface area (Å²) in [6.45, 7) is 2.95. The monoisotopic (exact) mass is 179 g/mol. The van der Waals surface area contributed by atoms with E-state index in [9.17, 15) is 18.4 Å². The van der Waals surface area contributed by atoms with Crippen LogP contribution in [0.3, 0.4) is 0 Å². The molecule has 12 heavy (non-hydrogen) atoms. The highest BCUT2D eigenvalue weighted by Gasteiger charge is 2.16. The third-order valence-corrected chi connectivity index (χ3v) is 1.28. The van der Waals surface area contributed by atoms with Crippen molar-refractivity contribution in [2.45, 2.75) is 20.3 Å². The molecule has 0 aromatic heterocycles. The highest BCUT2D eigenvalue weighted by atomic mass is 19.3. The quantitative estimate of drug-likeness (QED) is 0.686. The van der Waals surface area contributed by atoms with Crippen LogP contribution in [0.1, 0.15) is 13.8 Å². The first kappa shape index (κ1) is 11.0. The van der Waals surface area contributed by atoms with Gasteiger partial charge in [0.1, 0.15) is 0 Å². The highest BCUT2D eigenvalue weighted by molar-refractivity contribution is 5.88. The number of hydrogen-bond acceptors (Lipinski definition) is 2. The van der Waals surface area contributed by atoms with E-state index in [0.29, 0.717) is 0 Å². The summed E-state index contributed by atoms with van der Waals surface area (Å²) in [5, 5.41) is 1.82. The lowest BCUT2D eigenvalue weighted by molar-refractivity contribution is -0.133. The van der Waals surface area contributed by atoms with Crippen LogP contribution in [0.15, 0.2) is 0 Å². The van der Waals surface area contributed by atoms with Crippen molar-refractivity contribution in [1.82, 2.24) is 5.32 Å². The molecule has 70 valence electrons. The van der Waals surface area contributed by atoms with Crippen molar-refractivity contribution in [2.24, 2.45) is 5.92 Å². The van der Waals surface area contributed by atoms with Crippen molar-refractivity contribution in [3.63, 3.8) is 0 Å². The normalized spacial score (nSPS) is 10.5. The number of rotatable bonds is 4. The number of nitrogens with one attached hydrogen (secondary N) is 1. The van der Waals surface area contributed by atoms with Crippen LogP contribution in [0.2, 0.25) is 0 Å². The van der Waals surface area contributed by atoms with Gasteiger partial charge >= 0.3 is 6.43 Å². The molecule has 0 bridgehead atoms. The van der Waals surface area contributed by atoms with E-state index in [4.69, 9.17) is 0 Å². The fraction of sp³-hybridized carbons (Fsp3) is 0.714. The van der Waals surface area contributed by atoms with Crippen molar-refractivity contribution < 1.29 is 18.4 Å². The number of hydrogen-bond donors (Lipinski definition) is 1. The lowest BCUT2D eigenvalue weighted by Gasteiger charge is -2.05. The number of Topliss-reactive ketones (excluding diaryl/α,β-unsaturated/α-hetero) is 1. The Morgan fingerprint density at radius 1 is 1.33 bits per heavy atom. The van der Waals surface area contributed by atoms with Crippen LogP contribution in [-0.4, -0.2) is 24.7 Å². The second-order valence-corrected chi connectivity index (χ2v) is 2.64. The molecule has 5 heteroatoms. The predicted molar refractivity (Wildman–Crippen MR) is 38.9 cm³/mol. The number of carbonyl (C=O) groups is 2. The Hall–Kier alpha value is -1.00. The summed E-state index contributed by atoms with van der Waals surface area (Å²) < 4.78 is 23.1. The maximum absolute atomic E-state index is 11.6. The zero-order chi connectivity index (χ0) is 9.72. The first-order valence-electron chi connectivity index (χ1n) is 3.53. The first-order chi connectivity index (χ1) is 5.45. The molecule has 0 rings (SSSR count). The zero-order valence-corrected chi connectivity index (χ0v) is 6.93. The van der Waals surface area contributed by atoms with E-state index < -0.39 is 12.3 Å². The van der Waals surface area contributed by atoms with Crippen LogP contribution in [0.5, 0.6) is 0 Å². The van der Waals surface area contributed by atoms with E-state index in [1.54, 1.807) is 13.8 Å². The van der Waals surface area contributed by atoms with Gasteiger partial charge in [0, 0.05) is 5.92 Å². The fourth-order valence-corrected chi connectivity index (χ4v) is 0.456. The summed E-state index contributed by atoms with van der Waals surface area (Å²) >= 11 is 0. The Kier molecular flexibility index (Phi) is 4.39. The van der Waals surface area contributed by atoms with Crippen molar-refractivity contribution in [1.29, 1.82) is 0 Å². The Bertz CT molecular complexity index is 160. The Labute approximate surface area is 69.1 Å². The zero-order valence-electron chi connectivity index (χ0n) is 6.93. The molecular formula is C7H11F2NO2. The second-order valence-electron chi connectivity index (χ2n) is 2.64. The number of ketones is 1. The van der Waals surface area contributed by atoms with Gasteiger partial charge in [0.2, 0.25) is 0 Å². The molecule has 0 spiro atoms. The Morgan fingerprint density at radius 3 is 2.17 bits per heavy atom. The SMILES string of the molecule is CC(C)C(=O)CNC(=O)C(F)F. The van der Waals surface area contributed by atoms with E-state index in [1.165, 1.54) is 0 Å². The Balaban J connectivity index is 3.69. The largest absolute Gasteiger partial charge is 0.344 e. The molecule has 3 nitrogen and oxygen atoms in total. The van der Waals surface area contributed by atoms with Crippen LogP contribution in [0, 0.1) is 5.92 Å². The van der Waals surface area contributed by atoms with Gasteiger partial charge in [-0.3, -0.25) is 9.59 Å². The molecule has 0 aliphatic heterocycles. The van der Waals surface area contributed by atoms with E-state index in [2.05, 4.69) is 0 Å². The van der Waals surface area contributed by atoms with Gasteiger partial charge in [-0.1, -0.05) is 13.8 Å². The molecule has 0 fully saturated rings. The molecule has 0 heterocycles. The third-order valence-electron chi connectivity index (χ3n) is 1.28. The number of alkyl halides is 2. The summed E-state index contributed by atoms with van der Waals surface area (Å²) in [6, 6.07) is 0. The molecule has 0 aliphatic rings. The average Bonchev–Trinajstić information content (AvgIpc) is 1.98. The lowest BCUT2D eigenvalue weighted by atomic mass is 10.1. The van der Waals surface area contributed by atoms with Crippen LogP contribution in [0.4, 0.5) is 8.78 Å². The summed E-state index contributed by atoms with van der Waals surface area (Å²) in [4.78, 5) is 21.1. The maximum atomic E-state index is 11.6. The highest BCUT2D eigenvalue weighted by Crippen LogP contribution is 1.94. The van der Waals surface area contributed by atoms with Crippen LogP contribution < -0.4 is 5.32 Å². The van der Waals surface area contributed by atoms with E-state index >= 15 is 0 Å². The molecule has 0 saturated heterocycles. The van der Waals surface area contributed by atoms with Crippen LogP contribution >= 0.6 is 0 Å². The smallest absolute Gasteiger partial charge is 0.315 e. The number of halogens is 2. The van der Waals surface area contributed by atoms with Crippen molar-refractivity contribution in [3.8, 4) is 0 Å².